The number of aromatic nitrogens is 1. The second kappa shape index (κ2) is 7.08. The lowest BCUT2D eigenvalue weighted by Crippen LogP contribution is -2.21. The van der Waals surface area contributed by atoms with Gasteiger partial charge < -0.3 is 9.88 Å². The maximum Gasteiger partial charge on any atom is 0.0621 e. The molecule has 0 radical (unpaired) electrons. The van der Waals surface area contributed by atoms with E-state index in [1.165, 1.54) is 5.56 Å². The van der Waals surface area contributed by atoms with E-state index in [4.69, 9.17) is 5.26 Å². The van der Waals surface area contributed by atoms with E-state index >= 15 is 0 Å². The Kier molecular flexibility index (Phi) is 5.66. The number of nitrogens with one attached hydrogen (secondary N) is 1. The van der Waals surface area contributed by atoms with Crippen molar-refractivity contribution in [1.82, 2.24) is 9.88 Å². The summed E-state index contributed by atoms with van der Waals surface area (Å²) in [5.74, 6) is 0. The van der Waals surface area contributed by atoms with Gasteiger partial charge in [0.25, 0.3) is 0 Å². The molecule has 0 aliphatic carbocycles. The molecule has 16 heavy (non-hydrogen) atoms. The summed E-state index contributed by atoms with van der Waals surface area (Å²) in [7, 11) is 0. The summed E-state index contributed by atoms with van der Waals surface area (Å²) < 4.78 is 2.20. The van der Waals surface area contributed by atoms with Gasteiger partial charge in [-0.1, -0.05) is 13.8 Å². The molecular formula is C13H21N3. The Labute approximate surface area is 98.1 Å². The SMILES string of the molecule is CC(C)NCc1ccn(CCCCC#N)c1. The molecule has 0 bridgehead atoms. The Balaban J connectivity index is 2.26. The molecule has 0 spiro atoms. The third-order valence-electron chi connectivity index (χ3n) is 2.48. The number of nitriles is 1. The van der Waals surface area contributed by atoms with Crippen LogP contribution in [0, 0.1) is 11.3 Å². The Hall–Kier alpha value is -1.27. The number of aryl methyl sites for hydroxylation is 1. The Morgan fingerprint density at radius 2 is 2.25 bits per heavy atom. The zero-order valence-electron chi connectivity index (χ0n) is 10.2. The number of unbranched alkanes of at least 4 members (excludes halogenated alkanes) is 2. The molecule has 1 aromatic rings. The van der Waals surface area contributed by atoms with Crippen LogP contribution in [0.25, 0.3) is 0 Å². The lowest BCUT2D eigenvalue weighted by molar-refractivity contribution is 0.584. The summed E-state index contributed by atoms with van der Waals surface area (Å²) in [5, 5.41) is 11.8. The fourth-order valence-corrected chi connectivity index (χ4v) is 1.55. The fraction of sp³-hybridized carbons (Fsp3) is 0.615. The van der Waals surface area contributed by atoms with Crippen molar-refractivity contribution in [3.8, 4) is 6.07 Å². The van der Waals surface area contributed by atoms with Crippen molar-refractivity contribution in [2.45, 2.75) is 52.2 Å². The molecule has 0 unspecified atom stereocenters. The van der Waals surface area contributed by atoms with Gasteiger partial charge in [-0.15, -0.1) is 0 Å². The molecule has 0 aliphatic heterocycles. The first-order valence-corrected chi connectivity index (χ1v) is 5.97. The lowest BCUT2D eigenvalue weighted by Gasteiger charge is -2.06. The van der Waals surface area contributed by atoms with E-state index in [-0.39, 0.29) is 0 Å². The predicted molar refractivity (Wildman–Crippen MR) is 65.9 cm³/mol. The first kappa shape index (κ1) is 12.8. The highest BCUT2D eigenvalue weighted by Gasteiger charge is 1.98. The van der Waals surface area contributed by atoms with Gasteiger partial charge in [-0.25, -0.2) is 0 Å². The van der Waals surface area contributed by atoms with Gasteiger partial charge in [0, 0.05) is 37.9 Å². The summed E-state index contributed by atoms with van der Waals surface area (Å²) in [5.41, 5.74) is 1.33. The zero-order valence-corrected chi connectivity index (χ0v) is 10.2. The molecule has 1 N–H and O–H groups in total. The molecule has 0 saturated carbocycles. The summed E-state index contributed by atoms with van der Waals surface area (Å²) in [6.07, 6.45) is 7.04. The van der Waals surface area contributed by atoms with E-state index in [0.29, 0.717) is 12.5 Å². The van der Waals surface area contributed by atoms with Gasteiger partial charge in [0.15, 0.2) is 0 Å². The van der Waals surface area contributed by atoms with Crippen LogP contribution in [0.15, 0.2) is 18.5 Å². The van der Waals surface area contributed by atoms with Crippen LogP contribution in [0.5, 0.6) is 0 Å². The Morgan fingerprint density at radius 3 is 2.94 bits per heavy atom. The second-order valence-electron chi connectivity index (χ2n) is 4.41. The molecule has 0 aliphatic rings. The first-order chi connectivity index (χ1) is 7.72. The lowest BCUT2D eigenvalue weighted by atomic mass is 10.2. The Bertz CT molecular complexity index is 333. The number of hydrogen-bond acceptors (Lipinski definition) is 2. The van der Waals surface area contributed by atoms with Crippen LogP contribution >= 0.6 is 0 Å². The van der Waals surface area contributed by atoms with Gasteiger partial charge in [0.05, 0.1) is 6.07 Å². The maximum atomic E-state index is 8.42. The minimum absolute atomic E-state index is 0.527. The average Bonchev–Trinajstić information content (AvgIpc) is 2.70. The van der Waals surface area contributed by atoms with Crippen LogP contribution < -0.4 is 5.32 Å². The molecule has 3 heteroatoms. The first-order valence-electron chi connectivity index (χ1n) is 5.97. The largest absolute Gasteiger partial charge is 0.354 e. The van der Waals surface area contributed by atoms with Gasteiger partial charge in [-0.3, -0.25) is 0 Å². The highest BCUT2D eigenvalue weighted by Crippen LogP contribution is 2.04. The van der Waals surface area contributed by atoms with Crippen LogP contribution in [0.1, 0.15) is 38.7 Å². The van der Waals surface area contributed by atoms with Crippen molar-refractivity contribution in [3.05, 3.63) is 24.0 Å². The van der Waals surface area contributed by atoms with Gasteiger partial charge in [-0.05, 0) is 24.5 Å². The summed E-state index contributed by atoms with van der Waals surface area (Å²) in [6.45, 7) is 6.25. The van der Waals surface area contributed by atoms with Crippen molar-refractivity contribution >= 4 is 0 Å². The maximum absolute atomic E-state index is 8.42. The zero-order chi connectivity index (χ0) is 11.8. The molecule has 0 fully saturated rings. The molecule has 0 amide bonds. The van der Waals surface area contributed by atoms with Crippen molar-refractivity contribution in [2.24, 2.45) is 0 Å². The van der Waals surface area contributed by atoms with Gasteiger partial charge in [0.2, 0.25) is 0 Å². The third-order valence-corrected chi connectivity index (χ3v) is 2.48. The number of rotatable bonds is 7. The van der Waals surface area contributed by atoms with Crippen molar-refractivity contribution in [2.75, 3.05) is 0 Å². The van der Waals surface area contributed by atoms with Crippen molar-refractivity contribution < 1.29 is 0 Å². The van der Waals surface area contributed by atoms with Crippen molar-refractivity contribution in [3.63, 3.8) is 0 Å². The molecule has 88 valence electrons. The average molecular weight is 219 g/mol. The van der Waals surface area contributed by atoms with Crippen LogP contribution in [0.3, 0.4) is 0 Å². The van der Waals surface area contributed by atoms with Gasteiger partial charge in [-0.2, -0.15) is 5.26 Å². The number of nitrogens with zero attached hydrogens (tertiary/aromatic N) is 2. The summed E-state index contributed by atoms with van der Waals surface area (Å²) in [4.78, 5) is 0. The minimum atomic E-state index is 0.527. The number of hydrogen-bond donors (Lipinski definition) is 1. The molecule has 0 aromatic carbocycles. The van der Waals surface area contributed by atoms with Crippen LogP contribution in [0.2, 0.25) is 0 Å². The molecule has 3 nitrogen and oxygen atoms in total. The molecule has 1 rings (SSSR count). The fourth-order valence-electron chi connectivity index (χ4n) is 1.55. The smallest absolute Gasteiger partial charge is 0.0621 e. The Morgan fingerprint density at radius 1 is 1.44 bits per heavy atom. The normalized spacial score (nSPS) is 10.6. The topological polar surface area (TPSA) is 40.8 Å². The quantitative estimate of drug-likeness (QED) is 0.716. The van der Waals surface area contributed by atoms with E-state index in [1.54, 1.807) is 0 Å². The molecule has 1 aromatic heterocycles. The highest BCUT2D eigenvalue weighted by molar-refractivity contribution is 5.09. The second-order valence-corrected chi connectivity index (χ2v) is 4.41. The van der Waals surface area contributed by atoms with Gasteiger partial charge >= 0.3 is 0 Å². The molecular weight excluding hydrogens is 198 g/mol. The van der Waals surface area contributed by atoms with Crippen LogP contribution in [0.4, 0.5) is 0 Å². The standard InChI is InChI=1S/C13H21N3/c1-12(2)15-10-13-6-9-16(11-13)8-5-3-4-7-14/h6,9,11-12,15H,3-5,8,10H2,1-2H3. The van der Waals surface area contributed by atoms with Crippen molar-refractivity contribution in [1.29, 1.82) is 5.26 Å². The molecule has 0 atom stereocenters. The molecule has 1 heterocycles. The van der Waals surface area contributed by atoms with E-state index in [9.17, 15) is 0 Å². The van der Waals surface area contributed by atoms with E-state index in [0.717, 1.165) is 25.9 Å². The van der Waals surface area contributed by atoms with E-state index in [1.807, 2.05) is 0 Å². The summed E-state index contributed by atoms with van der Waals surface area (Å²) in [6, 6.07) is 4.85. The van der Waals surface area contributed by atoms with E-state index in [2.05, 4.69) is 48.3 Å². The highest BCUT2D eigenvalue weighted by atomic mass is 14.9. The third kappa shape index (κ3) is 4.99. The predicted octanol–water partition coefficient (Wildman–Crippen LogP) is 2.68. The van der Waals surface area contributed by atoms with Gasteiger partial charge in [0.1, 0.15) is 0 Å². The molecule has 0 saturated heterocycles. The van der Waals surface area contributed by atoms with E-state index < -0.39 is 0 Å². The van der Waals surface area contributed by atoms with Crippen LogP contribution in [-0.4, -0.2) is 10.6 Å². The summed E-state index contributed by atoms with van der Waals surface area (Å²) >= 11 is 0. The minimum Gasteiger partial charge on any atom is -0.354 e. The van der Waals surface area contributed by atoms with Crippen LogP contribution in [-0.2, 0) is 13.1 Å². The monoisotopic (exact) mass is 219 g/mol.